The van der Waals surface area contributed by atoms with Gasteiger partial charge in [0.15, 0.2) is 0 Å². The fraction of sp³-hybridized carbons (Fsp3) is 0.174. The molecule has 3 aromatic rings. The third-order valence-electron chi connectivity index (χ3n) is 5.17. The average molecular weight is 451 g/mol. The number of ether oxygens (including phenoxy) is 1. The number of esters is 1. The van der Waals surface area contributed by atoms with Gasteiger partial charge in [0.1, 0.15) is 17.3 Å². The first kappa shape index (κ1) is 21.9. The van der Waals surface area contributed by atoms with Crippen molar-refractivity contribution in [2.75, 3.05) is 0 Å². The highest BCUT2D eigenvalue weighted by Gasteiger charge is 2.29. The number of hydrazone groups is 1. The fourth-order valence-corrected chi connectivity index (χ4v) is 3.55. The molecule has 0 spiro atoms. The van der Waals surface area contributed by atoms with Crippen molar-refractivity contribution in [2.24, 2.45) is 5.10 Å². The summed E-state index contributed by atoms with van der Waals surface area (Å²) in [6, 6.07) is 10.2. The molecule has 0 saturated carbocycles. The number of nitrogens with one attached hydrogen (secondary N) is 1. The van der Waals surface area contributed by atoms with Crippen molar-refractivity contribution in [3.05, 3.63) is 92.7 Å². The smallest absolute Gasteiger partial charge is 0.379 e. The van der Waals surface area contributed by atoms with Gasteiger partial charge in [0, 0.05) is 35.2 Å². The van der Waals surface area contributed by atoms with Gasteiger partial charge in [0.2, 0.25) is 5.76 Å². The SMILES string of the molecule is Cc1c(C(=O)Oc2ccc(F)cc2)oc2c1/C(=N/NC(=O)c1ccc([N+](=O)[O-])cc1)CCC2. The Hall–Kier alpha value is -4.34. The molecule has 33 heavy (non-hydrogen) atoms. The van der Waals surface area contributed by atoms with Gasteiger partial charge in [0.05, 0.1) is 10.6 Å². The number of nitrogens with zero attached hydrogens (tertiary/aromatic N) is 2. The predicted octanol–water partition coefficient (Wildman–Crippen LogP) is 4.32. The molecule has 0 atom stereocenters. The summed E-state index contributed by atoms with van der Waals surface area (Å²) in [6.07, 6.45) is 1.86. The molecule has 1 heterocycles. The molecule has 0 unspecified atom stereocenters. The molecule has 0 fully saturated rings. The van der Waals surface area contributed by atoms with Crippen molar-refractivity contribution in [3.63, 3.8) is 0 Å². The number of halogens is 1. The van der Waals surface area contributed by atoms with Gasteiger partial charge in [-0.25, -0.2) is 14.6 Å². The Kier molecular flexibility index (Phi) is 5.99. The second kappa shape index (κ2) is 9.03. The van der Waals surface area contributed by atoms with Gasteiger partial charge < -0.3 is 9.15 Å². The van der Waals surface area contributed by atoms with Crippen LogP contribution in [-0.4, -0.2) is 22.5 Å². The van der Waals surface area contributed by atoms with Crippen molar-refractivity contribution >= 4 is 23.3 Å². The minimum absolute atomic E-state index is 0.0145. The maximum absolute atomic E-state index is 13.1. The minimum Gasteiger partial charge on any atom is -0.453 e. The minimum atomic E-state index is -0.720. The molecule has 2 aromatic carbocycles. The van der Waals surface area contributed by atoms with Crippen LogP contribution in [-0.2, 0) is 6.42 Å². The summed E-state index contributed by atoms with van der Waals surface area (Å²) in [6.45, 7) is 1.70. The molecular formula is C23H18FN3O6. The van der Waals surface area contributed by atoms with E-state index < -0.39 is 22.6 Å². The van der Waals surface area contributed by atoms with Gasteiger partial charge in [0.25, 0.3) is 11.6 Å². The van der Waals surface area contributed by atoms with E-state index in [-0.39, 0.29) is 22.8 Å². The lowest BCUT2D eigenvalue weighted by molar-refractivity contribution is -0.384. The molecule has 0 aliphatic heterocycles. The number of carbonyl (C=O) groups is 2. The zero-order chi connectivity index (χ0) is 23.5. The molecule has 4 rings (SSSR count). The number of nitro benzene ring substituents is 1. The van der Waals surface area contributed by atoms with E-state index in [2.05, 4.69) is 10.5 Å². The maximum Gasteiger partial charge on any atom is 0.379 e. The van der Waals surface area contributed by atoms with E-state index in [1.165, 1.54) is 48.5 Å². The summed E-state index contributed by atoms with van der Waals surface area (Å²) in [5, 5.41) is 15.0. The number of hydrogen-bond donors (Lipinski definition) is 1. The molecule has 10 heteroatoms. The fourth-order valence-electron chi connectivity index (χ4n) is 3.55. The van der Waals surface area contributed by atoms with E-state index in [1.54, 1.807) is 6.92 Å². The Morgan fingerprint density at radius 1 is 1.12 bits per heavy atom. The highest BCUT2D eigenvalue weighted by molar-refractivity contribution is 6.06. The Morgan fingerprint density at radius 2 is 1.82 bits per heavy atom. The second-order valence-corrected chi connectivity index (χ2v) is 7.35. The lowest BCUT2D eigenvalue weighted by Gasteiger charge is -2.13. The number of furan rings is 1. The number of amides is 1. The van der Waals surface area contributed by atoms with Crippen molar-refractivity contribution in [1.82, 2.24) is 5.43 Å². The number of non-ortho nitro benzene ring substituents is 1. The Bertz CT molecular complexity index is 1260. The monoisotopic (exact) mass is 451 g/mol. The van der Waals surface area contributed by atoms with Gasteiger partial charge >= 0.3 is 5.97 Å². The van der Waals surface area contributed by atoms with E-state index in [4.69, 9.17) is 9.15 Å². The van der Waals surface area contributed by atoms with Crippen LogP contribution in [0, 0.1) is 22.9 Å². The molecule has 0 saturated heterocycles. The number of aryl methyl sites for hydroxylation is 1. The van der Waals surface area contributed by atoms with Gasteiger partial charge in [-0.3, -0.25) is 14.9 Å². The summed E-state index contributed by atoms with van der Waals surface area (Å²) in [5.41, 5.74) is 4.26. The number of hydrogen-bond acceptors (Lipinski definition) is 7. The molecule has 1 aromatic heterocycles. The lowest BCUT2D eigenvalue weighted by atomic mass is 9.93. The van der Waals surface area contributed by atoms with Gasteiger partial charge in [-0.1, -0.05) is 0 Å². The Morgan fingerprint density at radius 3 is 2.48 bits per heavy atom. The van der Waals surface area contributed by atoms with Crippen molar-refractivity contribution in [3.8, 4) is 5.75 Å². The Balaban J connectivity index is 1.53. The molecular weight excluding hydrogens is 433 g/mol. The van der Waals surface area contributed by atoms with Crippen molar-refractivity contribution in [1.29, 1.82) is 0 Å². The van der Waals surface area contributed by atoms with Gasteiger partial charge in [-0.05, 0) is 56.2 Å². The van der Waals surface area contributed by atoms with Crippen LogP contribution < -0.4 is 10.2 Å². The van der Waals surface area contributed by atoms with Crippen molar-refractivity contribution in [2.45, 2.75) is 26.2 Å². The highest BCUT2D eigenvalue weighted by atomic mass is 19.1. The number of rotatable bonds is 5. The van der Waals surface area contributed by atoms with Gasteiger partial charge in [-0.15, -0.1) is 0 Å². The van der Waals surface area contributed by atoms with E-state index in [0.717, 1.165) is 0 Å². The summed E-state index contributed by atoms with van der Waals surface area (Å²) >= 11 is 0. The zero-order valence-electron chi connectivity index (χ0n) is 17.5. The van der Waals surface area contributed by atoms with Crippen LogP contribution in [0.3, 0.4) is 0 Å². The molecule has 9 nitrogen and oxygen atoms in total. The number of fused-ring (bicyclic) bond motifs is 1. The quantitative estimate of drug-likeness (QED) is 0.267. The largest absolute Gasteiger partial charge is 0.453 e. The predicted molar refractivity (Wildman–Crippen MR) is 115 cm³/mol. The first-order valence-electron chi connectivity index (χ1n) is 10.0. The Labute approximate surface area is 187 Å². The molecule has 0 radical (unpaired) electrons. The molecule has 1 aliphatic rings. The third-order valence-corrected chi connectivity index (χ3v) is 5.17. The van der Waals surface area contributed by atoms with Crippen LogP contribution in [0.4, 0.5) is 10.1 Å². The van der Waals surface area contributed by atoms with Crippen LogP contribution in [0.5, 0.6) is 5.75 Å². The topological polar surface area (TPSA) is 124 Å². The van der Waals surface area contributed by atoms with E-state index in [1.807, 2.05) is 0 Å². The summed E-state index contributed by atoms with van der Waals surface area (Å²) < 4.78 is 24.1. The lowest BCUT2D eigenvalue weighted by Crippen LogP contribution is -2.22. The van der Waals surface area contributed by atoms with Crippen LogP contribution in [0.25, 0.3) is 0 Å². The molecule has 1 N–H and O–H groups in total. The van der Waals surface area contributed by atoms with E-state index in [9.17, 15) is 24.1 Å². The zero-order valence-corrected chi connectivity index (χ0v) is 17.5. The molecule has 0 bridgehead atoms. The normalized spacial score (nSPS) is 13.9. The summed E-state index contributed by atoms with van der Waals surface area (Å²) in [5.74, 6) is -0.936. The molecule has 168 valence electrons. The second-order valence-electron chi connectivity index (χ2n) is 7.35. The molecule has 1 aliphatic carbocycles. The average Bonchev–Trinajstić information content (AvgIpc) is 3.16. The van der Waals surface area contributed by atoms with Crippen LogP contribution in [0.2, 0.25) is 0 Å². The first-order chi connectivity index (χ1) is 15.8. The maximum atomic E-state index is 13.1. The van der Waals surface area contributed by atoms with E-state index in [0.29, 0.717) is 41.9 Å². The van der Waals surface area contributed by atoms with Crippen LogP contribution in [0.1, 0.15) is 50.6 Å². The summed E-state index contributed by atoms with van der Waals surface area (Å²) in [7, 11) is 0. The third kappa shape index (κ3) is 4.64. The van der Waals surface area contributed by atoms with Gasteiger partial charge in [-0.2, -0.15) is 5.10 Å². The standard InChI is InChI=1S/C23H18FN3O6/c1-13-20-18(25-26-22(28)14-5-9-16(10-6-14)27(30)31)3-2-4-19(20)33-21(13)23(29)32-17-11-7-15(24)8-12-17/h5-12H,2-4H2,1H3,(H,26,28)/b25-18+. The molecule has 1 amide bonds. The van der Waals surface area contributed by atoms with Crippen molar-refractivity contribution < 1.29 is 28.1 Å². The number of benzene rings is 2. The highest BCUT2D eigenvalue weighted by Crippen LogP contribution is 2.30. The van der Waals surface area contributed by atoms with Crippen LogP contribution >= 0.6 is 0 Å². The number of carbonyl (C=O) groups excluding carboxylic acids is 2. The van der Waals surface area contributed by atoms with Crippen LogP contribution in [0.15, 0.2) is 58.0 Å². The first-order valence-corrected chi connectivity index (χ1v) is 10.0. The summed E-state index contributed by atoms with van der Waals surface area (Å²) in [4.78, 5) is 35.2. The van der Waals surface area contributed by atoms with E-state index >= 15 is 0 Å². The number of nitro groups is 1.